The summed E-state index contributed by atoms with van der Waals surface area (Å²) >= 11 is 3.60. The average molecular weight is 354 g/mol. The Morgan fingerprint density at radius 1 is 1.14 bits per heavy atom. The van der Waals surface area contributed by atoms with Crippen molar-refractivity contribution < 1.29 is 5.11 Å². The standard InChI is InChI=1S/C16H24BrN3O/c1-7-10(8-9(2)3)11-13(18-4)12(17)14(19-5)15(20-6)16(11)21/h9,18-21H,1,8H2,2-6H3. The minimum atomic E-state index is 0.196. The molecule has 0 aliphatic carbocycles. The lowest BCUT2D eigenvalue weighted by Crippen LogP contribution is -2.05. The number of hydrogen-bond acceptors (Lipinski definition) is 4. The van der Waals surface area contributed by atoms with Gasteiger partial charge in [0.25, 0.3) is 0 Å². The molecule has 116 valence electrons. The van der Waals surface area contributed by atoms with E-state index in [4.69, 9.17) is 0 Å². The fraction of sp³-hybridized carbons (Fsp3) is 0.438. The van der Waals surface area contributed by atoms with Crippen LogP contribution in [0.2, 0.25) is 0 Å². The van der Waals surface area contributed by atoms with E-state index in [9.17, 15) is 5.11 Å². The Labute approximate surface area is 135 Å². The quantitative estimate of drug-likeness (QED) is 0.449. The highest BCUT2D eigenvalue weighted by Gasteiger charge is 2.23. The highest BCUT2D eigenvalue weighted by Crippen LogP contribution is 2.49. The lowest BCUT2D eigenvalue weighted by molar-refractivity contribution is 0.475. The third-order valence-corrected chi connectivity index (χ3v) is 4.08. The molecule has 0 atom stereocenters. The van der Waals surface area contributed by atoms with Crippen LogP contribution in [0.1, 0.15) is 25.8 Å². The van der Waals surface area contributed by atoms with Gasteiger partial charge in [-0.15, -0.1) is 5.73 Å². The van der Waals surface area contributed by atoms with Gasteiger partial charge in [-0.2, -0.15) is 0 Å². The monoisotopic (exact) mass is 353 g/mol. The van der Waals surface area contributed by atoms with Gasteiger partial charge in [0, 0.05) is 26.7 Å². The highest BCUT2D eigenvalue weighted by molar-refractivity contribution is 9.10. The summed E-state index contributed by atoms with van der Waals surface area (Å²) in [6.07, 6.45) is 0.792. The van der Waals surface area contributed by atoms with Gasteiger partial charge >= 0.3 is 0 Å². The van der Waals surface area contributed by atoms with E-state index >= 15 is 0 Å². The van der Waals surface area contributed by atoms with Crippen LogP contribution in [0.15, 0.2) is 16.8 Å². The fourth-order valence-electron chi connectivity index (χ4n) is 2.38. The van der Waals surface area contributed by atoms with Crippen LogP contribution in [-0.2, 0) is 0 Å². The maximum Gasteiger partial charge on any atom is 0.151 e. The van der Waals surface area contributed by atoms with Crippen molar-refractivity contribution in [2.45, 2.75) is 20.3 Å². The number of phenolic OH excluding ortho intramolecular Hbond substituents is 1. The number of anilines is 3. The number of aromatic hydroxyl groups is 1. The Morgan fingerprint density at radius 2 is 1.67 bits per heavy atom. The zero-order valence-electron chi connectivity index (χ0n) is 13.3. The zero-order valence-corrected chi connectivity index (χ0v) is 14.9. The topological polar surface area (TPSA) is 56.3 Å². The summed E-state index contributed by atoms with van der Waals surface area (Å²) in [6, 6.07) is 0. The van der Waals surface area contributed by atoms with E-state index in [1.807, 2.05) is 14.1 Å². The maximum atomic E-state index is 10.7. The summed E-state index contributed by atoms with van der Waals surface area (Å²) in [4.78, 5) is 0. The molecule has 0 aromatic heterocycles. The van der Waals surface area contributed by atoms with Gasteiger partial charge in [-0.3, -0.25) is 0 Å². The van der Waals surface area contributed by atoms with Crippen LogP contribution < -0.4 is 16.0 Å². The summed E-state index contributed by atoms with van der Waals surface area (Å²) in [7, 11) is 5.43. The molecular formula is C16H24BrN3O. The molecule has 0 radical (unpaired) electrons. The van der Waals surface area contributed by atoms with Crippen LogP contribution in [0.25, 0.3) is 5.57 Å². The highest BCUT2D eigenvalue weighted by atomic mass is 79.9. The average Bonchev–Trinajstić information content (AvgIpc) is 2.45. The first-order chi connectivity index (χ1) is 9.92. The van der Waals surface area contributed by atoms with Gasteiger partial charge in [0.05, 0.1) is 21.4 Å². The molecule has 0 fully saturated rings. The van der Waals surface area contributed by atoms with Gasteiger partial charge in [-0.25, -0.2) is 0 Å². The van der Waals surface area contributed by atoms with Gasteiger partial charge in [-0.1, -0.05) is 20.4 Å². The van der Waals surface area contributed by atoms with E-state index in [2.05, 4.69) is 58.0 Å². The van der Waals surface area contributed by atoms with Crippen molar-refractivity contribution in [1.82, 2.24) is 0 Å². The molecule has 0 amide bonds. The van der Waals surface area contributed by atoms with E-state index < -0.39 is 0 Å². The predicted octanol–water partition coefficient (Wildman–Crippen LogP) is 4.49. The van der Waals surface area contributed by atoms with Gasteiger partial charge in [-0.05, 0) is 28.3 Å². The summed E-state index contributed by atoms with van der Waals surface area (Å²) in [5.74, 6) is 0.639. The number of halogens is 1. The second kappa shape index (κ2) is 7.43. The van der Waals surface area contributed by atoms with Gasteiger partial charge in [0.1, 0.15) is 5.69 Å². The minimum absolute atomic E-state index is 0.196. The molecular weight excluding hydrogens is 330 g/mol. The Hall–Kier alpha value is -1.58. The number of benzene rings is 1. The van der Waals surface area contributed by atoms with Crippen LogP contribution in [0, 0.1) is 5.92 Å². The normalized spacial score (nSPS) is 10.2. The van der Waals surface area contributed by atoms with E-state index in [1.165, 1.54) is 0 Å². The fourth-order valence-corrected chi connectivity index (χ4v) is 3.18. The Kier molecular flexibility index (Phi) is 6.19. The number of phenols is 1. The number of allylic oxidation sites excluding steroid dienone is 1. The summed E-state index contributed by atoms with van der Waals surface area (Å²) in [6.45, 7) is 8.04. The maximum absolute atomic E-state index is 10.7. The zero-order chi connectivity index (χ0) is 16.2. The first-order valence-corrected chi connectivity index (χ1v) is 7.73. The van der Waals surface area contributed by atoms with Crippen LogP contribution in [0.5, 0.6) is 5.75 Å². The van der Waals surface area contributed by atoms with Crippen molar-refractivity contribution in [3.05, 3.63) is 22.3 Å². The van der Waals surface area contributed by atoms with Crippen LogP contribution in [-0.4, -0.2) is 26.2 Å². The summed E-state index contributed by atoms with van der Waals surface area (Å²) in [5, 5.41) is 20.0. The van der Waals surface area contributed by atoms with Crippen molar-refractivity contribution in [2.75, 3.05) is 37.1 Å². The molecule has 0 unspecified atom stereocenters. The van der Waals surface area contributed by atoms with Crippen molar-refractivity contribution >= 4 is 38.6 Å². The van der Waals surface area contributed by atoms with Crippen LogP contribution >= 0.6 is 15.9 Å². The predicted molar refractivity (Wildman–Crippen MR) is 96.4 cm³/mol. The second-order valence-corrected chi connectivity index (χ2v) is 5.96. The molecule has 4 N–H and O–H groups in total. The van der Waals surface area contributed by atoms with Crippen molar-refractivity contribution in [2.24, 2.45) is 5.92 Å². The number of nitrogens with one attached hydrogen (secondary N) is 3. The first kappa shape index (κ1) is 17.5. The smallest absolute Gasteiger partial charge is 0.151 e. The molecule has 1 rings (SSSR count). The van der Waals surface area contributed by atoms with E-state index in [-0.39, 0.29) is 5.75 Å². The summed E-state index contributed by atoms with van der Waals surface area (Å²) in [5.41, 5.74) is 6.88. The van der Waals surface area contributed by atoms with Crippen LogP contribution in [0.3, 0.4) is 0 Å². The molecule has 1 aromatic rings. The molecule has 0 bridgehead atoms. The van der Waals surface area contributed by atoms with Gasteiger partial charge in [0.15, 0.2) is 5.75 Å². The lowest BCUT2D eigenvalue weighted by atomic mass is 9.94. The SMILES string of the molecule is C=C=C(CC(C)C)c1c(O)c(NC)c(NC)c(Br)c1NC. The summed E-state index contributed by atoms with van der Waals surface area (Å²) < 4.78 is 0.862. The Balaban J connectivity index is 3.72. The molecule has 0 heterocycles. The molecule has 4 nitrogen and oxygen atoms in total. The van der Waals surface area contributed by atoms with Crippen molar-refractivity contribution in [3.8, 4) is 5.75 Å². The van der Waals surface area contributed by atoms with Crippen molar-refractivity contribution in [1.29, 1.82) is 0 Å². The molecule has 0 aliphatic rings. The van der Waals surface area contributed by atoms with Crippen molar-refractivity contribution in [3.63, 3.8) is 0 Å². The van der Waals surface area contributed by atoms with Gasteiger partial charge < -0.3 is 21.1 Å². The minimum Gasteiger partial charge on any atom is -0.505 e. The second-order valence-electron chi connectivity index (χ2n) is 5.17. The Bertz CT molecular complexity index is 576. The molecule has 5 heteroatoms. The third kappa shape index (κ3) is 3.36. The lowest BCUT2D eigenvalue weighted by Gasteiger charge is -2.22. The molecule has 0 aliphatic heterocycles. The van der Waals surface area contributed by atoms with E-state index in [1.54, 1.807) is 7.05 Å². The first-order valence-electron chi connectivity index (χ1n) is 6.93. The molecule has 21 heavy (non-hydrogen) atoms. The molecule has 0 saturated carbocycles. The van der Waals surface area contributed by atoms with E-state index in [0.717, 1.165) is 33.4 Å². The largest absolute Gasteiger partial charge is 0.505 e. The number of rotatable bonds is 6. The van der Waals surface area contributed by atoms with Gasteiger partial charge in [0.2, 0.25) is 0 Å². The third-order valence-electron chi connectivity index (χ3n) is 3.29. The molecule has 1 aromatic carbocycles. The van der Waals surface area contributed by atoms with E-state index in [0.29, 0.717) is 11.6 Å². The molecule has 0 spiro atoms. The molecule has 0 saturated heterocycles. The number of hydrogen-bond donors (Lipinski definition) is 4. The van der Waals surface area contributed by atoms with Crippen LogP contribution in [0.4, 0.5) is 17.1 Å². The Morgan fingerprint density at radius 3 is 2.05 bits per heavy atom.